The predicted octanol–water partition coefficient (Wildman–Crippen LogP) is 3.02. The van der Waals surface area contributed by atoms with E-state index in [0.29, 0.717) is 11.7 Å². The number of hydrogen-bond acceptors (Lipinski definition) is 4. The van der Waals surface area contributed by atoms with Gasteiger partial charge in [0.05, 0.1) is 5.54 Å². The Bertz CT molecular complexity index is 380. The van der Waals surface area contributed by atoms with Gasteiger partial charge in [-0.2, -0.15) is 4.98 Å². The van der Waals surface area contributed by atoms with Crippen LogP contribution in [0.5, 0.6) is 0 Å². The Morgan fingerprint density at radius 2 is 2.11 bits per heavy atom. The smallest absolute Gasteiger partial charge is 0.226 e. The summed E-state index contributed by atoms with van der Waals surface area (Å²) in [6.07, 6.45) is 6.24. The molecule has 1 aliphatic rings. The molecule has 0 bridgehead atoms. The van der Waals surface area contributed by atoms with Gasteiger partial charge >= 0.3 is 0 Å². The second kappa shape index (κ2) is 5.39. The molecule has 102 valence electrons. The van der Waals surface area contributed by atoms with E-state index in [1.807, 2.05) is 0 Å². The number of aromatic nitrogens is 2. The summed E-state index contributed by atoms with van der Waals surface area (Å²) >= 11 is 0. The highest BCUT2D eigenvalue weighted by Crippen LogP contribution is 2.36. The lowest BCUT2D eigenvalue weighted by Gasteiger charge is -2.33. The van der Waals surface area contributed by atoms with E-state index in [0.717, 1.165) is 50.3 Å². The molecule has 1 saturated carbocycles. The molecule has 1 atom stereocenters. The van der Waals surface area contributed by atoms with Crippen LogP contribution < -0.4 is 5.73 Å². The molecule has 2 rings (SSSR count). The summed E-state index contributed by atoms with van der Waals surface area (Å²) in [6.45, 7) is 6.66. The van der Waals surface area contributed by atoms with Crippen LogP contribution in [-0.4, -0.2) is 10.1 Å². The van der Waals surface area contributed by atoms with E-state index in [9.17, 15) is 0 Å². The summed E-state index contributed by atoms with van der Waals surface area (Å²) < 4.78 is 5.34. The third kappa shape index (κ3) is 2.91. The van der Waals surface area contributed by atoms with Crippen molar-refractivity contribution in [3.63, 3.8) is 0 Å². The van der Waals surface area contributed by atoms with Crippen molar-refractivity contribution in [2.24, 2.45) is 17.6 Å². The van der Waals surface area contributed by atoms with E-state index >= 15 is 0 Å². The van der Waals surface area contributed by atoms with Gasteiger partial charge in [0.15, 0.2) is 5.82 Å². The molecule has 0 radical (unpaired) electrons. The third-order valence-corrected chi connectivity index (χ3v) is 4.30. The van der Waals surface area contributed by atoms with Gasteiger partial charge in [0.25, 0.3) is 0 Å². The normalized spacial score (nSPS) is 30.3. The number of nitrogens with two attached hydrogens (primary N) is 1. The Labute approximate surface area is 109 Å². The Kier molecular flexibility index (Phi) is 4.05. The molecule has 0 aliphatic heterocycles. The SMILES string of the molecule is CCC(C)Cc1nc(C2(N)CCC(C)CC2)no1. The van der Waals surface area contributed by atoms with Crippen molar-refractivity contribution in [1.29, 1.82) is 0 Å². The van der Waals surface area contributed by atoms with Crippen molar-refractivity contribution in [2.75, 3.05) is 0 Å². The number of nitrogens with zero attached hydrogens (tertiary/aromatic N) is 2. The first kappa shape index (κ1) is 13.5. The van der Waals surface area contributed by atoms with E-state index in [4.69, 9.17) is 10.3 Å². The van der Waals surface area contributed by atoms with Crippen LogP contribution in [0.1, 0.15) is 64.6 Å². The van der Waals surface area contributed by atoms with Gasteiger partial charge in [-0.1, -0.05) is 32.3 Å². The standard InChI is InChI=1S/C14H25N3O/c1-4-10(2)9-12-16-13(17-18-12)14(15)7-5-11(3)6-8-14/h10-11H,4-9,15H2,1-3H3. The molecule has 1 heterocycles. The molecule has 1 fully saturated rings. The minimum atomic E-state index is -0.357. The fraction of sp³-hybridized carbons (Fsp3) is 0.857. The Hall–Kier alpha value is -0.900. The number of hydrogen-bond donors (Lipinski definition) is 1. The van der Waals surface area contributed by atoms with Crippen LogP contribution in [0.4, 0.5) is 0 Å². The Balaban J connectivity index is 2.05. The Morgan fingerprint density at radius 1 is 1.44 bits per heavy atom. The molecule has 0 amide bonds. The predicted molar refractivity (Wildman–Crippen MR) is 71.0 cm³/mol. The highest BCUT2D eigenvalue weighted by molar-refractivity contribution is 5.06. The van der Waals surface area contributed by atoms with Gasteiger partial charge in [-0.25, -0.2) is 0 Å². The quantitative estimate of drug-likeness (QED) is 0.893. The molecule has 1 aliphatic carbocycles. The average Bonchev–Trinajstić information content (AvgIpc) is 2.82. The zero-order valence-electron chi connectivity index (χ0n) is 11.8. The first-order chi connectivity index (χ1) is 8.53. The van der Waals surface area contributed by atoms with E-state index in [1.54, 1.807) is 0 Å². The summed E-state index contributed by atoms with van der Waals surface area (Å²) in [5.74, 6) is 2.81. The first-order valence-corrected chi connectivity index (χ1v) is 7.15. The molecule has 0 saturated heterocycles. The molecule has 4 nitrogen and oxygen atoms in total. The summed E-state index contributed by atoms with van der Waals surface area (Å²) in [7, 11) is 0. The second-order valence-electron chi connectivity index (χ2n) is 6.07. The van der Waals surface area contributed by atoms with E-state index < -0.39 is 0 Å². The zero-order valence-corrected chi connectivity index (χ0v) is 11.8. The molecular weight excluding hydrogens is 226 g/mol. The molecule has 1 aromatic heterocycles. The minimum absolute atomic E-state index is 0.357. The maximum Gasteiger partial charge on any atom is 0.226 e. The van der Waals surface area contributed by atoms with E-state index in [1.165, 1.54) is 0 Å². The van der Waals surface area contributed by atoms with E-state index in [-0.39, 0.29) is 5.54 Å². The molecule has 18 heavy (non-hydrogen) atoms. The van der Waals surface area contributed by atoms with Crippen molar-refractivity contribution < 1.29 is 4.52 Å². The van der Waals surface area contributed by atoms with Crippen LogP contribution in [0, 0.1) is 11.8 Å². The Morgan fingerprint density at radius 3 is 2.72 bits per heavy atom. The van der Waals surface area contributed by atoms with Gasteiger partial charge in [-0.3, -0.25) is 0 Å². The summed E-state index contributed by atoms with van der Waals surface area (Å²) in [4.78, 5) is 4.52. The van der Waals surface area contributed by atoms with Crippen LogP contribution in [-0.2, 0) is 12.0 Å². The van der Waals surface area contributed by atoms with Gasteiger partial charge in [-0.15, -0.1) is 0 Å². The van der Waals surface area contributed by atoms with Crippen molar-refractivity contribution >= 4 is 0 Å². The molecule has 0 aromatic carbocycles. The van der Waals surface area contributed by atoms with Crippen LogP contribution >= 0.6 is 0 Å². The first-order valence-electron chi connectivity index (χ1n) is 7.15. The molecular formula is C14H25N3O. The third-order valence-electron chi connectivity index (χ3n) is 4.30. The van der Waals surface area contributed by atoms with Gasteiger partial charge in [0.1, 0.15) is 0 Å². The maximum absolute atomic E-state index is 6.43. The van der Waals surface area contributed by atoms with Crippen LogP contribution in [0.15, 0.2) is 4.52 Å². The lowest BCUT2D eigenvalue weighted by atomic mass is 9.77. The highest BCUT2D eigenvalue weighted by Gasteiger charge is 2.36. The monoisotopic (exact) mass is 251 g/mol. The van der Waals surface area contributed by atoms with Crippen LogP contribution in [0.25, 0.3) is 0 Å². The fourth-order valence-electron chi connectivity index (χ4n) is 2.48. The summed E-state index contributed by atoms with van der Waals surface area (Å²) in [5.41, 5.74) is 6.08. The number of rotatable bonds is 4. The van der Waals surface area contributed by atoms with Gasteiger partial charge in [0, 0.05) is 6.42 Å². The molecule has 1 aromatic rings. The topological polar surface area (TPSA) is 64.9 Å². The second-order valence-corrected chi connectivity index (χ2v) is 6.07. The molecule has 4 heteroatoms. The molecule has 2 N–H and O–H groups in total. The summed E-state index contributed by atoms with van der Waals surface area (Å²) in [5, 5.41) is 4.11. The molecule has 1 unspecified atom stereocenters. The van der Waals surface area contributed by atoms with Crippen LogP contribution in [0.3, 0.4) is 0 Å². The highest BCUT2D eigenvalue weighted by atomic mass is 16.5. The average molecular weight is 251 g/mol. The van der Waals surface area contributed by atoms with Crippen molar-refractivity contribution in [3.05, 3.63) is 11.7 Å². The lowest BCUT2D eigenvalue weighted by Crippen LogP contribution is -2.41. The van der Waals surface area contributed by atoms with Crippen molar-refractivity contribution in [1.82, 2.24) is 10.1 Å². The van der Waals surface area contributed by atoms with E-state index in [2.05, 4.69) is 30.9 Å². The van der Waals surface area contributed by atoms with Gasteiger partial charge in [-0.05, 0) is 37.5 Å². The lowest BCUT2D eigenvalue weighted by molar-refractivity contribution is 0.229. The van der Waals surface area contributed by atoms with Crippen molar-refractivity contribution in [2.45, 2.75) is 64.8 Å². The van der Waals surface area contributed by atoms with Crippen LogP contribution in [0.2, 0.25) is 0 Å². The zero-order chi connectivity index (χ0) is 13.2. The van der Waals surface area contributed by atoms with Gasteiger partial charge < -0.3 is 10.3 Å². The summed E-state index contributed by atoms with van der Waals surface area (Å²) in [6, 6.07) is 0. The maximum atomic E-state index is 6.43. The minimum Gasteiger partial charge on any atom is -0.339 e. The largest absolute Gasteiger partial charge is 0.339 e. The van der Waals surface area contributed by atoms with Crippen molar-refractivity contribution in [3.8, 4) is 0 Å². The molecule has 0 spiro atoms. The fourth-order valence-corrected chi connectivity index (χ4v) is 2.48. The van der Waals surface area contributed by atoms with Gasteiger partial charge in [0.2, 0.25) is 5.89 Å².